The molecule has 0 bridgehead atoms. The number of alkyl halides is 3. The van der Waals surface area contributed by atoms with Crippen LogP contribution >= 0.6 is 0 Å². The van der Waals surface area contributed by atoms with Gasteiger partial charge in [-0.3, -0.25) is 0 Å². The summed E-state index contributed by atoms with van der Waals surface area (Å²) in [6.07, 6.45) is 3.19. The van der Waals surface area contributed by atoms with Crippen molar-refractivity contribution < 1.29 is 13.2 Å². The molecule has 88 valence electrons. The molecule has 0 fully saturated rings. The first-order valence-corrected chi connectivity index (χ1v) is 4.98. The second kappa shape index (κ2) is 3.81. The van der Waals surface area contributed by atoms with Gasteiger partial charge in [0, 0.05) is 12.4 Å². The standard InChI is InChI=1S/C12H9F3N2/c13-12(14,15)11(17-7-3-4-8-17)6-2-1-5-10(11)9-16/h1-8,10H. The van der Waals surface area contributed by atoms with Gasteiger partial charge in [-0.15, -0.1) is 0 Å². The quantitative estimate of drug-likeness (QED) is 0.739. The first-order chi connectivity index (χ1) is 8.02. The molecule has 1 aromatic rings. The Bertz CT molecular complexity index is 491. The molecule has 0 saturated heterocycles. The summed E-state index contributed by atoms with van der Waals surface area (Å²) in [5, 5.41) is 8.94. The normalized spacial score (nSPS) is 28.0. The minimum atomic E-state index is -4.53. The van der Waals surface area contributed by atoms with Crippen molar-refractivity contribution in [1.29, 1.82) is 5.26 Å². The minimum absolute atomic E-state index is 1.03. The van der Waals surface area contributed by atoms with Crippen LogP contribution in [0.25, 0.3) is 0 Å². The molecule has 1 aliphatic rings. The van der Waals surface area contributed by atoms with Crippen LogP contribution in [0.3, 0.4) is 0 Å². The Labute approximate surface area is 96.3 Å². The number of hydrogen-bond donors (Lipinski definition) is 0. The van der Waals surface area contributed by atoms with Gasteiger partial charge in [0.05, 0.1) is 6.07 Å². The molecule has 2 atom stereocenters. The highest BCUT2D eigenvalue weighted by Gasteiger charge is 2.59. The van der Waals surface area contributed by atoms with Crippen LogP contribution in [-0.4, -0.2) is 10.7 Å². The molecule has 0 amide bonds. The molecule has 0 saturated carbocycles. The van der Waals surface area contributed by atoms with Gasteiger partial charge in [-0.1, -0.05) is 18.2 Å². The van der Waals surface area contributed by atoms with E-state index in [1.165, 1.54) is 42.8 Å². The third-order valence-electron chi connectivity index (χ3n) is 2.86. The van der Waals surface area contributed by atoms with Gasteiger partial charge in [0.2, 0.25) is 0 Å². The van der Waals surface area contributed by atoms with Gasteiger partial charge in [-0.2, -0.15) is 18.4 Å². The number of nitrogens with zero attached hydrogens (tertiary/aromatic N) is 2. The van der Waals surface area contributed by atoms with Crippen LogP contribution in [0.15, 0.2) is 48.8 Å². The number of allylic oxidation sites excluding steroid dienone is 4. The van der Waals surface area contributed by atoms with Gasteiger partial charge in [-0.25, -0.2) is 0 Å². The maximum absolute atomic E-state index is 13.3. The van der Waals surface area contributed by atoms with Crippen LogP contribution in [0.2, 0.25) is 0 Å². The molecular weight excluding hydrogens is 229 g/mol. The second-order valence-electron chi connectivity index (χ2n) is 3.76. The highest BCUT2D eigenvalue weighted by Crippen LogP contribution is 2.45. The smallest absolute Gasteiger partial charge is 0.335 e. The first-order valence-electron chi connectivity index (χ1n) is 4.98. The van der Waals surface area contributed by atoms with Crippen LogP contribution in [-0.2, 0) is 5.54 Å². The molecule has 2 nitrogen and oxygen atoms in total. The van der Waals surface area contributed by atoms with Crippen LogP contribution in [0.1, 0.15) is 0 Å². The molecule has 0 aliphatic heterocycles. The summed E-state index contributed by atoms with van der Waals surface area (Å²) in [5.74, 6) is -1.26. The highest BCUT2D eigenvalue weighted by molar-refractivity contribution is 5.30. The number of hydrogen-bond acceptors (Lipinski definition) is 1. The zero-order valence-corrected chi connectivity index (χ0v) is 8.72. The first kappa shape index (κ1) is 11.5. The maximum Gasteiger partial charge on any atom is 0.417 e. The predicted octanol–water partition coefficient (Wildman–Crippen LogP) is 3.01. The van der Waals surface area contributed by atoms with E-state index in [9.17, 15) is 13.2 Å². The highest BCUT2D eigenvalue weighted by atomic mass is 19.4. The Balaban J connectivity index is 2.64. The van der Waals surface area contributed by atoms with Crippen molar-refractivity contribution in [2.24, 2.45) is 5.92 Å². The fraction of sp³-hybridized carbons (Fsp3) is 0.250. The van der Waals surface area contributed by atoms with Crippen LogP contribution in [0.4, 0.5) is 13.2 Å². The summed E-state index contributed by atoms with van der Waals surface area (Å²) in [5.41, 5.74) is -2.31. The van der Waals surface area contributed by atoms with Gasteiger partial charge in [0.15, 0.2) is 5.54 Å². The Hall–Kier alpha value is -1.96. The third-order valence-corrected chi connectivity index (χ3v) is 2.86. The minimum Gasteiger partial charge on any atom is -0.335 e. The Morgan fingerprint density at radius 3 is 2.35 bits per heavy atom. The summed E-state index contributed by atoms with van der Waals surface area (Å²) < 4.78 is 41.0. The lowest BCUT2D eigenvalue weighted by Gasteiger charge is -2.38. The van der Waals surface area contributed by atoms with E-state index in [-0.39, 0.29) is 0 Å². The van der Waals surface area contributed by atoms with Gasteiger partial charge < -0.3 is 4.57 Å². The Kier molecular flexibility index (Phi) is 2.58. The predicted molar refractivity (Wildman–Crippen MR) is 55.8 cm³/mol. The van der Waals surface area contributed by atoms with E-state index in [0.29, 0.717) is 0 Å². The van der Waals surface area contributed by atoms with Crippen LogP contribution in [0, 0.1) is 17.2 Å². The maximum atomic E-state index is 13.3. The molecule has 0 aromatic carbocycles. The zero-order valence-electron chi connectivity index (χ0n) is 8.72. The monoisotopic (exact) mass is 238 g/mol. The Morgan fingerprint density at radius 1 is 1.18 bits per heavy atom. The van der Waals surface area contributed by atoms with E-state index in [2.05, 4.69) is 0 Å². The van der Waals surface area contributed by atoms with Crippen molar-refractivity contribution in [2.45, 2.75) is 11.7 Å². The van der Waals surface area contributed by atoms with Gasteiger partial charge in [-0.05, 0) is 18.2 Å². The number of rotatable bonds is 1. The zero-order chi connectivity index (χ0) is 12.5. The fourth-order valence-electron chi connectivity index (χ4n) is 2.01. The van der Waals surface area contributed by atoms with E-state index >= 15 is 0 Å². The number of aromatic nitrogens is 1. The van der Waals surface area contributed by atoms with Gasteiger partial charge in [0.25, 0.3) is 0 Å². The number of halogens is 3. The van der Waals surface area contributed by atoms with E-state index in [4.69, 9.17) is 5.26 Å². The van der Waals surface area contributed by atoms with E-state index in [1.54, 1.807) is 6.07 Å². The molecule has 2 unspecified atom stereocenters. The average Bonchev–Trinajstić information content (AvgIpc) is 2.80. The molecule has 0 radical (unpaired) electrons. The SMILES string of the molecule is N#CC1C=CC=CC1(n1cccc1)C(F)(F)F. The summed E-state index contributed by atoms with van der Waals surface area (Å²) in [4.78, 5) is 0. The van der Waals surface area contributed by atoms with E-state index < -0.39 is 17.6 Å². The van der Waals surface area contributed by atoms with Gasteiger partial charge in [0.1, 0.15) is 5.92 Å². The summed E-state index contributed by atoms with van der Waals surface area (Å²) in [6.45, 7) is 0. The molecule has 0 N–H and O–H groups in total. The second-order valence-corrected chi connectivity index (χ2v) is 3.76. The fourth-order valence-corrected chi connectivity index (χ4v) is 2.01. The van der Waals surface area contributed by atoms with Crippen molar-refractivity contribution >= 4 is 0 Å². The lowest BCUT2D eigenvalue weighted by molar-refractivity contribution is -0.204. The average molecular weight is 238 g/mol. The third kappa shape index (κ3) is 1.57. The van der Waals surface area contributed by atoms with Crippen LogP contribution < -0.4 is 0 Å². The topological polar surface area (TPSA) is 28.7 Å². The molecule has 1 aliphatic carbocycles. The molecule has 2 rings (SSSR count). The molecule has 0 spiro atoms. The van der Waals surface area contributed by atoms with E-state index in [1.807, 2.05) is 0 Å². The van der Waals surface area contributed by atoms with Crippen molar-refractivity contribution in [3.8, 4) is 6.07 Å². The number of nitriles is 1. The lowest BCUT2D eigenvalue weighted by atomic mass is 9.80. The molecular formula is C12H9F3N2. The largest absolute Gasteiger partial charge is 0.417 e. The lowest BCUT2D eigenvalue weighted by Crippen LogP contribution is -2.51. The summed E-state index contributed by atoms with van der Waals surface area (Å²) in [6, 6.07) is 4.73. The molecule has 1 aromatic heterocycles. The Morgan fingerprint density at radius 2 is 1.82 bits per heavy atom. The van der Waals surface area contributed by atoms with Crippen molar-refractivity contribution in [2.75, 3.05) is 0 Å². The van der Waals surface area contributed by atoms with Crippen LogP contribution in [0.5, 0.6) is 0 Å². The molecule has 5 heteroatoms. The molecule has 1 heterocycles. The van der Waals surface area contributed by atoms with Crippen molar-refractivity contribution in [3.63, 3.8) is 0 Å². The van der Waals surface area contributed by atoms with Gasteiger partial charge >= 0.3 is 6.18 Å². The molecule has 17 heavy (non-hydrogen) atoms. The van der Waals surface area contributed by atoms with Crippen molar-refractivity contribution in [1.82, 2.24) is 4.57 Å². The van der Waals surface area contributed by atoms with Crippen molar-refractivity contribution in [3.05, 3.63) is 48.8 Å². The summed E-state index contributed by atoms with van der Waals surface area (Å²) in [7, 11) is 0. The van der Waals surface area contributed by atoms with E-state index in [0.717, 1.165) is 10.6 Å². The summed E-state index contributed by atoms with van der Waals surface area (Å²) >= 11 is 0.